The first kappa shape index (κ1) is 26.8. The van der Waals surface area contributed by atoms with E-state index in [-0.39, 0.29) is 5.91 Å². The molecule has 0 N–H and O–H groups in total. The Balaban J connectivity index is 0.000000367. The summed E-state index contributed by atoms with van der Waals surface area (Å²) in [6.45, 7) is 5.12. The minimum atomic E-state index is -4.13. The fourth-order valence-electron chi connectivity index (χ4n) is 2.80. The highest BCUT2D eigenvalue weighted by molar-refractivity contribution is 7.84. The Morgan fingerprint density at radius 3 is 1.94 bits per heavy atom. The maximum absolute atomic E-state index is 12.5. The Morgan fingerprint density at radius 2 is 1.48 bits per heavy atom. The van der Waals surface area contributed by atoms with Crippen LogP contribution in [0, 0.1) is 0 Å². The third-order valence-electron chi connectivity index (χ3n) is 4.91. The van der Waals surface area contributed by atoms with Gasteiger partial charge in [-0.15, -0.1) is 0 Å². The van der Waals surface area contributed by atoms with Gasteiger partial charge < -0.3 is 9.04 Å². The largest absolute Gasteiger partial charge is 0.748 e. The fourth-order valence-corrected chi connectivity index (χ4v) is 3.40. The lowest BCUT2D eigenvalue weighted by Crippen LogP contribution is -2.45. The summed E-state index contributed by atoms with van der Waals surface area (Å²) in [6, 6.07) is 17.8. The molecule has 0 saturated carbocycles. The fraction of sp³-hybridized carbons (Fsp3) is 0.435. The molecule has 0 aromatic heterocycles. The molecule has 2 aromatic rings. The predicted molar refractivity (Wildman–Crippen MR) is 123 cm³/mol. The van der Waals surface area contributed by atoms with Gasteiger partial charge in [0.1, 0.15) is 0 Å². The van der Waals surface area contributed by atoms with Gasteiger partial charge in [-0.3, -0.25) is 9.80 Å². The van der Waals surface area contributed by atoms with Crippen LogP contribution in [0.2, 0.25) is 0 Å². The highest BCUT2D eigenvalue weighted by Gasteiger charge is 2.19. The Bertz CT molecular complexity index is 886. The number of hydrazine groups is 1. The van der Waals surface area contributed by atoms with Gasteiger partial charge in [-0.2, -0.15) is 0 Å². The second kappa shape index (κ2) is 12.6. The normalized spacial score (nSPS) is 11.6. The zero-order chi connectivity index (χ0) is 23.5. The van der Waals surface area contributed by atoms with Gasteiger partial charge in [0.05, 0.1) is 43.1 Å². The van der Waals surface area contributed by atoms with E-state index in [9.17, 15) is 17.8 Å². The topological polar surface area (TPSA) is 80.8 Å². The molecule has 0 unspecified atom stereocenters. The van der Waals surface area contributed by atoms with Crippen molar-refractivity contribution < 1.29 is 22.2 Å². The van der Waals surface area contributed by atoms with Crippen molar-refractivity contribution in [3.8, 4) is 0 Å². The van der Waals surface area contributed by atoms with E-state index in [2.05, 4.69) is 21.0 Å². The van der Waals surface area contributed by atoms with Crippen LogP contribution in [0.15, 0.2) is 60.7 Å². The van der Waals surface area contributed by atoms with E-state index in [4.69, 9.17) is 0 Å². The van der Waals surface area contributed by atoms with Crippen molar-refractivity contribution in [3.63, 3.8) is 0 Å². The highest BCUT2D eigenvalue weighted by Crippen LogP contribution is 2.08. The van der Waals surface area contributed by atoms with Crippen LogP contribution < -0.4 is 0 Å². The Morgan fingerprint density at radius 1 is 0.968 bits per heavy atom. The summed E-state index contributed by atoms with van der Waals surface area (Å²) in [6.07, 6.45) is 0.998. The number of carbonyl (C=O) groups is 1. The maximum Gasteiger partial charge on any atom is 0.268 e. The molecule has 0 spiro atoms. The molecule has 0 aliphatic carbocycles. The summed E-state index contributed by atoms with van der Waals surface area (Å²) in [4.78, 5) is 12.5. The highest BCUT2D eigenvalue weighted by atomic mass is 32.2. The number of quaternary nitrogens is 1. The monoisotopic (exact) mass is 449 g/mol. The molecule has 2 rings (SSSR count). The van der Waals surface area contributed by atoms with Crippen molar-refractivity contribution in [3.05, 3.63) is 71.8 Å². The Labute approximate surface area is 187 Å². The number of amides is 1. The van der Waals surface area contributed by atoms with Crippen LogP contribution >= 0.6 is 0 Å². The van der Waals surface area contributed by atoms with Crippen molar-refractivity contribution in [2.24, 2.45) is 0 Å². The van der Waals surface area contributed by atoms with E-state index in [0.717, 1.165) is 36.1 Å². The van der Waals surface area contributed by atoms with E-state index in [1.807, 2.05) is 54.4 Å². The number of carbonyl (C=O) groups excluding carboxylic acids is 1. The molecular weight excluding hydrogens is 414 g/mol. The molecule has 0 heterocycles. The van der Waals surface area contributed by atoms with Crippen LogP contribution in [0.5, 0.6) is 0 Å². The van der Waals surface area contributed by atoms with Gasteiger partial charge >= 0.3 is 0 Å². The number of hydrogen-bond donors (Lipinski definition) is 0. The van der Waals surface area contributed by atoms with E-state index >= 15 is 0 Å². The number of nitrogens with zero attached hydrogens (tertiary/aromatic N) is 3. The molecule has 1 amide bonds. The second-order valence-electron chi connectivity index (χ2n) is 8.16. The number of rotatable bonds is 9. The average molecular weight is 450 g/mol. The molecule has 0 aliphatic rings. The molecule has 2 aromatic carbocycles. The quantitative estimate of drug-likeness (QED) is 0.334. The lowest BCUT2D eigenvalue weighted by molar-refractivity contribution is -0.888. The van der Waals surface area contributed by atoms with Crippen molar-refractivity contribution in [1.29, 1.82) is 0 Å². The predicted octanol–water partition coefficient (Wildman–Crippen LogP) is 2.82. The second-order valence-corrected chi connectivity index (χ2v) is 9.56. The average Bonchev–Trinajstić information content (AvgIpc) is 2.71. The van der Waals surface area contributed by atoms with Crippen LogP contribution in [0.1, 0.15) is 29.3 Å². The lowest BCUT2D eigenvalue weighted by Gasteiger charge is -2.32. The third kappa shape index (κ3) is 11.1. The SMILES string of the molecule is CC[N+](C)(C)CCCN(C(=O)c1ccccc1)N(C)C.O=S(=O)([O-])Cc1ccccc1. The molecule has 0 saturated heterocycles. The van der Waals surface area contributed by atoms with Crippen molar-refractivity contribution in [1.82, 2.24) is 10.0 Å². The molecule has 0 fully saturated rings. The van der Waals surface area contributed by atoms with Gasteiger partial charge in [0.2, 0.25) is 0 Å². The van der Waals surface area contributed by atoms with E-state index in [1.54, 1.807) is 30.3 Å². The van der Waals surface area contributed by atoms with Crippen LogP contribution in [-0.4, -0.2) is 81.2 Å². The van der Waals surface area contributed by atoms with Gasteiger partial charge in [-0.05, 0) is 24.6 Å². The van der Waals surface area contributed by atoms with Crippen LogP contribution in [0.4, 0.5) is 0 Å². The maximum atomic E-state index is 12.5. The summed E-state index contributed by atoms with van der Waals surface area (Å²) in [5.41, 5.74) is 1.27. The van der Waals surface area contributed by atoms with Gasteiger partial charge in [0.25, 0.3) is 5.91 Å². The van der Waals surface area contributed by atoms with Crippen LogP contribution in [0.25, 0.3) is 0 Å². The molecule has 31 heavy (non-hydrogen) atoms. The van der Waals surface area contributed by atoms with E-state index < -0.39 is 15.9 Å². The van der Waals surface area contributed by atoms with Crippen molar-refractivity contribution >= 4 is 16.0 Å². The van der Waals surface area contributed by atoms with Crippen molar-refractivity contribution in [2.45, 2.75) is 19.1 Å². The minimum Gasteiger partial charge on any atom is -0.748 e. The minimum absolute atomic E-state index is 0.0670. The summed E-state index contributed by atoms with van der Waals surface area (Å²) in [5, 5.41) is 3.69. The molecule has 0 radical (unpaired) electrons. The first-order chi connectivity index (χ1) is 14.4. The lowest BCUT2D eigenvalue weighted by atomic mass is 10.2. The summed E-state index contributed by atoms with van der Waals surface area (Å²) >= 11 is 0. The number of benzene rings is 2. The van der Waals surface area contributed by atoms with E-state index in [0.29, 0.717) is 5.56 Å². The molecule has 0 bridgehead atoms. The molecular formula is C23H35N3O4S. The summed E-state index contributed by atoms with van der Waals surface area (Å²) < 4.78 is 31.7. The standard InChI is InChI=1S/C16H28N3O.C7H8O3S/c1-6-19(4,5)14-10-13-18(17(2)3)16(20)15-11-8-7-9-12-15;8-11(9,10)6-7-4-2-1-3-5-7/h7-9,11-12H,6,10,13-14H2,1-5H3;1-5H,6H2,(H,8,9,10)/q+1;/p-1. The smallest absolute Gasteiger partial charge is 0.268 e. The van der Waals surface area contributed by atoms with Crippen LogP contribution in [0.3, 0.4) is 0 Å². The molecule has 8 heteroatoms. The zero-order valence-corrected chi connectivity index (χ0v) is 20.0. The van der Waals surface area contributed by atoms with Gasteiger partial charge in [0.15, 0.2) is 0 Å². The Hall–Kier alpha value is -2.26. The Kier molecular flexibility index (Phi) is 10.8. The summed E-state index contributed by atoms with van der Waals surface area (Å²) in [5.74, 6) is -0.356. The van der Waals surface area contributed by atoms with Gasteiger partial charge in [0, 0.05) is 32.6 Å². The molecule has 0 aliphatic heterocycles. The van der Waals surface area contributed by atoms with Gasteiger partial charge in [-0.25, -0.2) is 13.4 Å². The third-order valence-corrected chi connectivity index (χ3v) is 5.60. The first-order valence-electron chi connectivity index (χ1n) is 10.3. The van der Waals surface area contributed by atoms with Gasteiger partial charge in [-0.1, -0.05) is 48.5 Å². The zero-order valence-electron chi connectivity index (χ0n) is 19.2. The van der Waals surface area contributed by atoms with Crippen molar-refractivity contribution in [2.75, 3.05) is 47.8 Å². The molecule has 172 valence electrons. The van der Waals surface area contributed by atoms with Crippen LogP contribution in [-0.2, 0) is 15.9 Å². The summed E-state index contributed by atoms with van der Waals surface area (Å²) in [7, 11) is 4.15. The molecule has 0 atom stereocenters. The number of hydrogen-bond acceptors (Lipinski definition) is 5. The first-order valence-corrected chi connectivity index (χ1v) is 11.9. The molecule has 7 nitrogen and oxygen atoms in total. The van der Waals surface area contributed by atoms with E-state index in [1.165, 1.54) is 0 Å².